The van der Waals surface area contributed by atoms with Crippen molar-refractivity contribution < 1.29 is 0 Å². The number of hydrazine groups is 1. The maximum Gasteiger partial charge on any atom is 0.0515 e. The van der Waals surface area contributed by atoms with E-state index in [-0.39, 0.29) is 6.04 Å². The van der Waals surface area contributed by atoms with Gasteiger partial charge < -0.3 is 0 Å². The molecule has 17 heavy (non-hydrogen) atoms. The predicted molar refractivity (Wildman–Crippen MR) is 69.5 cm³/mol. The van der Waals surface area contributed by atoms with Crippen LogP contribution < -0.4 is 11.3 Å². The zero-order valence-corrected chi connectivity index (χ0v) is 10.1. The summed E-state index contributed by atoms with van der Waals surface area (Å²) in [7, 11) is 0. The van der Waals surface area contributed by atoms with E-state index in [9.17, 15) is 0 Å². The van der Waals surface area contributed by atoms with Gasteiger partial charge in [-0.1, -0.05) is 29.8 Å². The van der Waals surface area contributed by atoms with Crippen LogP contribution in [0, 0.1) is 0 Å². The number of hydrogen-bond donors (Lipinski definition) is 2. The standard InChI is InChI=1S/C13H14ClN3/c14-11-6-4-10(5-7-11)13(17-15)9-12-3-1-2-8-16-12/h1-8,13,17H,9,15H2. The van der Waals surface area contributed by atoms with Crippen LogP contribution in [-0.4, -0.2) is 4.98 Å². The summed E-state index contributed by atoms with van der Waals surface area (Å²) in [6, 6.07) is 13.6. The van der Waals surface area contributed by atoms with Gasteiger partial charge in [0, 0.05) is 23.3 Å². The maximum absolute atomic E-state index is 5.86. The van der Waals surface area contributed by atoms with E-state index in [2.05, 4.69) is 10.4 Å². The van der Waals surface area contributed by atoms with E-state index >= 15 is 0 Å². The average Bonchev–Trinajstić information content (AvgIpc) is 2.38. The van der Waals surface area contributed by atoms with Crippen LogP contribution in [0.5, 0.6) is 0 Å². The molecule has 0 bridgehead atoms. The smallest absolute Gasteiger partial charge is 0.0515 e. The van der Waals surface area contributed by atoms with E-state index in [0.29, 0.717) is 0 Å². The van der Waals surface area contributed by atoms with Gasteiger partial charge in [-0.2, -0.15) is 0 Å². The van der Waals surface area contributed by atoms with E-state index in [1.54, 1.807) is 6.20 Å². The van der Waals surface area contributed by atoms with E-state index in [1.807, 2.05) is 42.5 Å². The number of nitrogens with zero attached hydrogens (tertiary/aromatic N) is 1. The number of pyridine rings is 1. The van der Waals surface area contributed by atoms with Crippen LogP contribution >= 0.6 is 11.6 Å². The van der Waals surface area contributed by atoms with Gasteiger partial charge in [0.1, 0.15) is 0 Å². The molecule has 3 N–H and O–H groups in total. The van der Waals surface area contributed by atoms with Crippen molar-refractivity contribution in [2.75, 3.05) is 0 Å². The molecule has 1 aromatic heterocycles. The lowest BCUT2D eigenvalue weighted by Gasteiger charge is -2.15. The highest BCUT2D eigenvalue weighted by Crippen LogP contribution is 2.18. The second-order valence-corrected chi connectivity index (χ2v) is 4.23. The first-order valence-corrected chi connectivity index (χ1v) is 5.79. The maximum atomic E-state index is 5.86. The number of nitrogens with one attached hydrogen (secondary N) is 1. The van der Waals surface area contributed by atoms with Gasteiger partial charge in [-0.05, 0) is 29.8 Å². The van der Waals surface area contributed by atoms with Gasteiger partial charge >= 0.3 is 0 Å². The number of benzene rings is 1. The molecule has 0 aliphatic carbocycles. The second-order valence-electron chi connectivity index (χ2n) is 3.80. The van der Waals surface area contributed by atoms with Crippen LogP contribution in [-0.2, 0) is 6.42 Å². The molecule has 0 fully saturated rings. The fourth-order valence-corrected chi connectivity index (χ4v) is 1.82. The molecular formula is C13H14ClN3. The van der Waals surface area contributed by atoms with Crippen molar-refractivity contribution in [3.63, 3.8) is 0 Å². The van der Waals surface area contributed by atoms with E-state index in [0.717, 1.165) is 22.7 Å². The van der Waals surface area contributed by atoms with Crippen LogP contribution in [0.25, 0.3) is 0 Å². The van der Waals surface area contributed by atoms with Crippen molar-refractivity contribution in [2.45, 2.75) is 12.5 Å². The summed E-state index contributed by atoms with van der Waals surface area (Å²) in [5.74, 6) is 5.58. The van der Waals surface area contributed by atoms with Crippen molar-refractivity contribution in [3.05, 3.63) is 64.9 Å². The highest BCUT2D eigenvalue weighted by molar-refractivity contribution is 6.30. The van der Waals surface area contributed by atoms with E-state index < -0.39 is 0 Å². The molecule has 2 rings (SSSR count). The molecule has 0 spiro atoms. The third-order valence-corrected chi connectivity index (χ3v) is 2.86. The molecule has 0 aliphatic heterocycles. The van der Waals surface area contributed by atoms with Crippen LogP contribution in [0.2, 0.25) is 5.02 Å². The van der Waals surface area contributed by atoms with Crippen molar-refractivity contribution in [3.8, 4) is 0 Å². The van der Waals surface area contributed by atoms with Gasteiger partial charge in [-0.25, -0.2) is 0 Å². The third kappa shape index (κ3) is 3.27. The van der Waals surface area contributed by atoms with Gasteiger partial charge in [0.05, 0.1) is 6.04 Å². The van der Waals surface area contributed by atoms with Gasteiger partial charge in [0.2, 0.25) is 0 Å². The number of aromatic nitrogens is 1. The summed E-state index contributed by atoms with van der Waals surface area (Å²) >= 11 is 5.86. The Morgan fingerprint density at radius 1 is 1.18 bits per heavy atom. The van der Waals surface area contributed by atoms with Gasteiger partial charge in [0.25, 0.3) is 0 Å². The highest BCUT2D eigenvalue weighted by atomic mass is 35.5. The minimum Gasteiger partial charge on any atom is -0.271 e. The first kappa shape index (κ1) is 12.0. The fourth-order valence-electron chi connectivity index (χ4n) is 1.70. The van der Waals surface area contributed by atoms with E-state index in [1.165, 1.54) is 0 Å². The number of nitrogens with two attached hydrogens (primary N) is 1. The van der Waals surface area contributed by atoms with E-state index in [4.69, 9.17) is 17.4 Å². The number of halogens is 1. The highest BCUT2D eigenvalue weighted by Gasteiger charge is 2.10. The molecule has 2 aromatic rings. The van der Waals surface area contributed by atoms with Gasteiger partial charge in [-0.15, -0.1) is 0 Å². The summed E-state index contributed by atoms with van der Waals surface area (Å²) in [6.45, 7) is 0. The predicted octanol–water partition coefficient (Wildman–Crippen LogP) is 2.48. The molecule has 0 saturated heterocycles. The Labute approximate surface area is 106 Å². The van der Waals surface area contributed by atoms with Gasteiger partial charge in [-0.3, -0.25) is 16.3 Å². The third-order valence-electron chi connectivity index (χ3n) is 2.61. The molecule has 1 atom stereocenters. The Kier molecular flexibility index (Phi) is 4.09. The van der Waals surface area contributed by atoms with Crippen molar-refractivity contribution in [2.24, 2.45) is 5.84 Å². The van der Waals surface area contributed by atoms with Gasteiger partial charge in [0.15, 0.2) is 0 Å². The zero-order valence-electron chi connectivity index (χ0n) is 9.31. The summed E-state index contributed by atoms with van der Waals surface area (Å²) in [4.78, 5) is 4.29. The summed E-state index contributed by atoms with van der Waals surface area (Å²) in [5.41, 5.74) is 4.91. The monoisotopic (exact) mass is 247 g/mol. The largest absolute Gasteiger partial charge is 0.271 e. The van der Waals surface area contributed by atoms with Crippen molar-refractivity contribution in [1.82, 2.24) is 10.4 Å². The molecule has 0 saturated carbocycles. The van der Waals surface area contributed by atoms with Crippen LogP contribution in [0.15, 0.2) is 48.7 Å². The van der Waals surface area contributed by atoms with Crippen molar-refractivity contribution >= 4 is 11.6 Å². The molecule has 0 radical (unpaired) electrons. The lowest BCUT2D eigenvalue weighted by atomic mass is 10.0. The number of rotatable bonds is 4. The zero-order chi connectivity index (χ0) is 12.1. The molecular weight excluding hydrogens is 234 g/mol. The van der Waals surface area contributed by atoms with Crippen LogP contribution in [0.3, 0.4) is 0 Å². The molecule has 88 valence electrons. The second kappa shape index (κ2) is 5.77. The molecule has 4 heteroatoms. The first-order chi connectivity index (χ1) is 8.29. The Hall–Kier alpha value is -1.42. The fraction of sp³-hybridized carbons (Fsp3) is 0.154. The Bertz CT molecular complexity index is 456. The van der Waals surface area contributed by atoms with Crippen LogP contribution in [0.4, 0.5) is 0 Å². The molecule has 1 unspecified atom stereocenters. The minimum atomic E-state index is 0.0437. The molecule has 1 heterocycles. The molecule has 1 aromatic carbocycles. The molecule has 3 nitrogen and oxygen atoms in total. The Balaban J connectivity index is 2.14. The first-order valence-electron chi connectivity index (χ1n) is 5.41. The normalized spacial score (nSPS) is 12.4. The Morgan fingerprint density at radius 3 is 2.53 bits per heavy atom. The molecule has 0 amide bonds. The lowest BCUT2D eigenvalue weighted by Crippen LogP contribution is -2.29. The van der Waals surface area contributed by atoms with Crippen molar-refractivity contribution in [1.29, 1.82) is 0 Å². The lowest BCUT2D eigenvalue weighted by molar-refractivity contribution is 0.546. The van der Waals surface area contributed by atoms with Crippen LogP contribution in [0.1, 0.15) is 17.3 Å². The minimum absolute atomic E-state index is 0.0437. The number of hydrogen-bond acceptors (Lipinski definition) is 3. The average molecular weight is 248 g/mol. The Morgan fingerprint density at radius 2 is 1.94 bits per heavy atom. The quantitative estimate of drug-likeness (QED) is 0.645. The topological polar surface area (TPSA) is 50.9 Å². The summed E-state index contributed by atoms with van der Waals surface area (Å²) in [5, 5.41) is 0.724. The SMILES string of the molecule is NNC(Cc1ccccn1)c1ccc(Cl)cc1. The summed E-state index contributed by atoms with van der Waals surface area (Å²) in [6.07, 6.45) is 2.53. The molecule has 0 aliphatic rings. The summed E-state index contributed by atoms with van der Waals surface area (Å²) < 4.78 is 0.